The van der Waals surface area contributed by atoms with E-state index in [0.29, 0.717) is 6.42 Å². The fraction of sp³-hybridized carbons (Fsp3) is 0.714. The third-order valence-corrected chi connectivity index (χ3v) is 1.25. The second-order valence-corrected chi connectivity index (χ2v) is 2.46. The average molecular weight is 168 g/mol. The smallest absolute Gasteiger partial charge is 0.377 e. The minimum Gasteiger partial charge on any atom is -0.377 e. The lowest BCUT2D eigenvalue weighted by atomic mass is 10.1. The molecule has 66 valence electrons. The predicted octanol–water partition coefficient (Wildman–Crippen LogP) is 2.27. The minimum absolute atomic E-state index is 0.478. The number of hydrogen-bond donors (Lipinski definition) is 1. The summed E-state index contributed by atoms with van der Waals surface area (Å²) in [5, 5.41) is 8.77. The van der Waals surface area contributed by atoms with Gasteiger partial charge >= 0.3 is 6.18 Å². The molecular weight excluding hydrogens is 157 g/mol. The first-order valence-corrected chi connectivity index (χ1v) is 3.28. The van der Waals surface area contributed by atoms with Crippen molar-refractivity contribution in [3.63, 3.8) is 0 Å². The molecule has 0 aromatic heterocycles. The van der Waals surface area contributed by atoms with E-state index in [2.05, 4.69) is 0 Å². The van der Waals surface area contributed by atoms with Crippen molar-refractivity contribution < 1.29 is 18.3 Å². The molecule has 0 rings (SSSR count). The Kier molecular flexibility index (Phi) is 3.11. The maximum atomic E-state index is 11.9. The fourth-order valence-electron chi connectivity index (χ4n) is 0.442. The monoisotopic (exact) mass is 168 g/mol. The van der Waals surface area contributed by atoms with Gasteiger partial charge in [0.15, 0.2) is 5.60 Å². The van der Waals surface area contributed by atoms with E-state index >= 15 is 0 Å². The SMILES string of the molecule is CC/C=C\C(C)(O)C(F)(F)F. The first kappa shape index (κ1) is 10.5. The Balaban J connectivity index is 4.34. The minimum atomic E-state index is -4.58. The van der Waals surface area contributed by atoms with Crippen molar-refractivity contribution in [2.45, 2.75) is 32.0 Å². The zero-order valence-electron chi connectivity index (χ0n) is 6.44. The highest BCUT2D eigenvalue weighted by atomic mass is 19.4. The first-order valence-electron chi connectivity index (χ1n) is 3.28. The van der Waals surface area contributed by atoms with Crippen LogP contribution in [0.5, 0.6) is 0 Å². The van der Waals surface area contributed by atoms with E-state index in [1.807, 2.05) is 0 Å². The summed E-state index contributed by atoms with van der Waals surface area (Å²) in [6.45, 7) is 2.42. The average Bonchev–Trinajstić information content (AvgIpc) is 1.81. The van der Waals surface area contributed by atoms with Gasteiger partial charge in [0.2, 0.25) is 0 Å². The summed E-state index contributed by atoms with van der Waals surface area (Å²) in [4.78, 5) is 0. The fourth-order valence-corrected chi connectivity index (χ4v) is 0.442. The number of alkyl halides is 3. The Morgan fingerprint density at radius 3 is 2.09 bits per heavy atom. The van der Waals surface area contributed by atoms with Crippen LogP contribution < -0.4 is 0 Å². The van der Waals surface area contributed by atoms with Crippen molar-refractivity contribution in [3.8, 4) is 0 Å². The molecule has 0 aliphatic rings. The van der Waals surface area contributed by atoms with Crippen LogP contribution in [0.3, 0.4) is 0 Å². The van der Waals surface area contributed by atoms with Crippen molar-refractivity contribution >= 4 is 0 Å². The van der Waals surface area contributed by atoms with E-state index in [1.165, 1.54) is 6.08 Å². The topological polar surface area (TPSA) is 20.2 Å². The molecule has 4 heteroatoms. The number of allylic oxidation sites excluding steroid dienone is 1. The van der Waals surface area contributed by atoms with E-state index in [0.717, 1.165) is 13.0 Å². The number of hydrogen-bond acceptors (Lipinski definition) is 1. The van der Waals surface area contributed by atoms with Gasteiger partial charge in [0.25, 0.3) is 0 Å². The standard InChI is InChI=1S/C7H11F3O/c1-3-4-5-6(2,11)7(8,9)10/h4-5,11H,3H2,1-2H3/b5-4-. The molecule has 0 spiro atoms. The Hall–Kier alpha value is -0.510. The summed E-state index contributed by atoms with van der Waals surface area (Å²) >= 11 is 0. The predicted molar refractivity (Wildman–Crippen MR) is 36.1 cm³/mol. The van der Waals surface area contributed by atoms with Crippen molar-refractivity contribution in [3.05, 3.63) is 12.2 Å². The summed E-state index contributed by atoms with van der Waals surface area (Å²) in [6.07, 6.45) is -2.06. The van der Waals surface area contributed by atoms with Gasteiger partial charge in [0, 0.05) is 0 Å². The van der Waals surface area contributed by atoms with Crippen LogP contribution in [0.25, 0.3) is 0 Å². The molecular formula is C7H11F3O. The molecule has 1 atom stereocenters. The number of rotatable bonds is 2. The summed E-state index contributed by atoms with van der Waals surface area (Å²) < 4.78 is 35.6. The lowest BCUT2D eigenvalue weighted by molar-refractivity contribution is -0.232. The van der Waals surface area contributed by atoms with Gasteiger partial charge in [-0.05, 0) is 19.4 Å². The van der Waals surface area contributed by atoms with Crippen LogP contribution in [0.15, 0.2) is 12.2 Å². The third-order valence-electron chi connectivity index (χ3n) is 1.25. The Morgan fingerprint density at radius 2 is 1.82 bits per heavy atom. The van der Waals surface area contributed by atoms with E-state index in [9.17, 15) is 13.2 Å². The first-order chi connectivity index (χ1) is 4.81. The highest BCUT2D eigenvalue weighted by Gasteiger charge is 2.47. The lowest BCUT2D eigenvalue weighted by Crippen LogP contribution is -2.39. The molecule has 0 aliphatic heterocycles. The molecule has 11 heavy (non-hydrogen) atoms. The highest BCUT2D eigenvalue weighted by molar-refractivity contribution is 5.02. The quantitative estimate of drug-likeness (QED) is 0.627. The van der Waals surface area contributed by atoms with Crippen LogP contribution in [-0.4, -0.2) is 16.9 Å². The van der Waals surface area contributed by atoms with Crippen LogP contribution in [0, 0.1) is 0 Å². The summed E-state index contributed by atoms with van der Waals surface area (Å²) in [5.74, 6) is 0. The molecule has 0 heterocycles. The van der Waals surface area contributed by atoms with Gasteiger partial charge in [0.05, 0.1) is 0 Å². The van der Waals surface area contributed by atoms with Gasteiger partial charge in [-0.3, -0.25) is 0 Å². The molecule has 0 aromatic rings. The van der Waals surface area contributed by atoms with Gasteiger partial charge in [-0.2, -0.15) is 13.2 Å². The molecule has 0 saturated carbocycles. The van der Waals surface area contributed by atoms with Gasteiger partial charge in [-0.1, -0.05) is 13.0 Å². The molecule has 1 nitrogen and oxygen atoms in total. The number of halogens is 3. The molecule has 0 saturated heterocycles. The van der Waals surface area contributed by atoms with Crippen LogP contribution in [0.4, 0.5) is 13.2 Å². The van der Waals surface area contributed by atoms with Crippen LogP contribution >= 0.6 is 0 Å². The molecule has 0 radical (unpaired) electrons. The van der Waals surface area contributed by atoms with Crippen LogP contribution in [-0.2, 0) is 0 Å². The molecule has 0 amide bonds. The van der Waals surface area contributed by atoms with Crippen molar-refractivity contribution in [2.24, 2.45) is 0 Å². The maximum absolute atomic E-state index is 11.9. The van der Waals surface area contributed by atoms with Crippen molar-refractivity contribution in [1.82, 2.24) is 0 Å². The van der Waals surface area contributed by atoms with Gasteiger partial charge in [0.1, 0.15) is 0 Å². The number of aliphatic hydroxyl groups is 1. The largest absolute Gasteiger partial charge is 0.420 e. The van der Waals surface area contributed by atoms with Gasteiger partial charge in [-0.15, -0.1) is 0 Å². The molecule has 0 aromatic carbocycles. The Morgan fingerprint density at radius 1 is 1.36 bits per heavy atom. The third kappa shape index (κ3) is 2.93. The molecule has 0 bridgehead atoms. The zero-order chi connectivity index (χ0) is 9.12. The van der Waals surface area contributed by atoms with Gasteiger partial charge in [-0.25, -0.2) is 0 Å². The summed E-state index contributed by atoms with van der Waals surface area (Å²) in [5.41, 5.74) is -2.69. The normalized spacial score (nSPS) is 18.7. The van der Waals surface area contributed by atoms with E-state index in [1.54, 1.807) is 6.92 Å². The van der Waals surface area contributed by atoms with Crippen LogP contribution in [0.1, 0.15) is 20.3 Å². The Bertz CT molecular complexity index is 146. The Labute approximate surface area is 63.5 Å². The van der Waals surface area contributed by atoms with Gasteiger partial charge < -0.3 is 5.11 Å². The second kappa shape index (κ2) is 3.26. The zero-order valence-corrected chi connectivity index (χ0v) is 6.44. The van der Waals surface area contributed by atoms with E-state index < -0.39 is 11.8 Å². The van der Waals surface area contributed by atoms with Crippen molar-refractivity contribution in [1.29, 1.82) is 0 Å². The summed E-state index contributed by atoms with van der Waals surface area (Å²) in [6, 6.07) is 0. The molecule has 0 aliphatic carbocycles. The lowest BCUT2D eigenvalue weighted by Gasteiger charge is -2.22. The summed E-state index contributed by atoms with van der Waals surface area (Å²) in [7, 11) is 0. The molecule has 1 unspecified atom stereocenters. The maximum Gasteiger partial charge on any atom is 0.420 e. The van der Waals surface area contributed by atoms with E-state index in [-0.39, 0.29) is 0 Å². The molecule has 0 fully saturated rings. The second-order valence-electron chi connectivity index (χ2n) is 2.46. The highest BCUT2D eigenvalue weighted by Crippen LogP contribution is 2.30. The van der Waals surface area contributed by atoms with Crippen LogP contribution in [0.2, 0.25) is 0 Å². The van der Waals surface area contributed by atoms with Crippen molar-refractivity contribution in [2.75, 3.05) is 0 Å². The van der Waals surface area contributed by atoms with E-state index in [4.69, 9.17) is 5.11 Å². The molecule has 1 N–H and O–H groups in total.